The Balaban J connectivity index is 2.22. The second kappa shape index (κ2) is 10.2. The number of ether oxygens (including phenoxy) is 1. The Morgan fingerprint density at radius 3 is 2.44 bits per heavy atom. The number of aromatic nitrogens is 2. The summed E-state index contributed by atoms with van der Waals surface area (Å²) in [5.74, 6) is 0. The molecule has 1 saturated heterocycles. The fraction of sp³-hybridized carbons (Fsp3) is 0.500. The molecule has 0 bridgehead atoms. The molecule has 0 aliphatic carbocycles. The lowest BCUT2D eigenvalue weighted by Crippen LogP contribution is -2.36. The van der Waals surface area contributed by atoms with Gasteiger partial charge in [-0.05, 0) is 12.6 Å². The summed E-state index contributed by atoms with van der Waals surface area (Å²) in [5.41, 5.74) is 3.68. The van der Waals surface area contributed by atoms with Gasteiger partial charge in [-0.15, -0.1) is 0 Å². The molecule has 1 fully saturated rings. The molecule has 6 atom stereocenters. The highest BCUT2D eigenvalue weighted by molar-refractivity contribution is 7.66. The van der Waals surface area contributed by atoms with Crippen LogP contribution in [0.25, 0.3) is 0 Å². The summed E-state index contributed by atoms with van der Waals surface area (Å²) in [5, 5.41) is 10.3. The summed E-state index contributed by atoms with van der Waals surface area (Å²) in [4.78, 5) is 61.3. The Hall–Kier alpha value is -1.45. The fourth-order valence-corrected chi connectivity index (χ4v) is 5.97. The van der Waals surface area contributed by atoms with Gasteiger partial charge in [0.2, 0.25) is 0 Å². The molecule has 182 valence electrons. The molecule has 32 heavy (non-hydrogen) atoms. The summed E-state index contributed by atoms with van der Waals surface area (Å²) in [7, 11) is -16.9. The van der Waals surface area contributed by atoms with Gasteiger partial charge in [0.1, 0.15) is 18.4 Å². The smallest absolute Gasteiger partial charge is 0.405 e. The van der Waals surface area contributed by atoms with Crippen molar-refractivity contribution in [2.75, 3.05) is 0 Å². The van der Waals surface area contributed by atoms with Crippen molar-refractivity contribution in [3.8, 4) is 0 Å². The Morgan fingerprint density at radius 2 is 1.88 bits per heavy atom. The quantitative estimate of drug-likeness (QED) is 0.177. The van der Waals surface area contributed by atoms with Crippen LogP contribution in [0.15, 0.2) is 34.1 Å². The average molecular weight is 523 g/mol. The van der Waals surface area contributed by atoms with E-state index in [-0.39, 0.29) is 12.8 Å². The van der Waals surface area contributed by atoms with Crippen LogP contribution in [0.1, 0.15) is 19.1 Å². The van der Waals surface area contributed by atoms with Gasteiger partial charge < -0.3 is 35.2 Å². The predicted molar refractivity (Wildman–Crippen MR) is 103 cm³/mol. The molecule has 8 N–H and O–H groups in total. The van der Waals surface area contributed by atoms with Crippen LogP contribution in [0, 0.1) is 0 Å². The van der Waals surface area contributed by atoms with E-state index in [9.17, 15) is 38.2 Å². The van der Waals surface area contributed by atoms with E-state index in [4.69, 9.17) is 24.8 Å². The van der Waals surface area contributed by atoms with Crippen LogP contribution in [0.4, 0.5) is 0 Å². The Kier molecular flexibility index (Phi) is 8.56. The second-order valence-corrected chi connectivity index (χ2v) is 10.6. The Bertz CT molecular complexity index is 1090. The maximum atomic E-state index is 12.2. The van der Waals surface area contributed by atoms with E-state index in [1.54, 1.807) is 0 Å². The number of aliphatic hydroxyl groups excluding tert-OH is 1. The van der Waals surface area contributed by atoms with Crippen LogP contribution in [0.3, 0.4) is 0 Å². The first-order valence-corrected chi connectivity index (χ1v) is 13.0. The van der Waals surface area contributed by atoms with E-state index in [0.29, 0.717) is 0 Å². The molecule has 1 aromatic rings. The summed E-state index contributed by atoms with van der Waals surface area (Å²) >= 11 is 0. The zero-order chi connectivity index (χ0) is 24.3. The summed E-state index contributed by atoms with van der Waals surface area (Å²) < 4.78 is 52.9. The predicted octanol–water partition coefficient (Wildman–Crippen LogP) is -1.24. The lowest BCUT2D eigenvalue weighted by molar-refractivity contribution is -0.0792. The molecule has 2 heterocycles. The SMILES string of the molecule is NC=CCC(OP(=O)(O)OP(=O)(O)OP(=O)(O)O)[C@H]1O[C@@H](n2ccc(=O)[nH]c2=O)C[C@@H]1O. The molecule has 3 unspecified atom stereocenters. The third-order valence-corrected chi connectivity index (χ3v) is 7.72. The number of aromatic amines is 1. The first-order chi connectivity index (χ1) is 14.6. The van der Waals surface area contributed by atoms with Crippen molar-refractivity contribution in [1.29, 1.82) is 0 Å². The molecule has 0 aromatic carbocycles. The van der Waals surface area contributed by atoms with Gasteiger partial charge in [-0.25, -0.2) is 18.5 Å². The summed E-state index contributed by atoms with van der Waals surface area (Å²) in [6.07, 6.45) is -2.73. The van der Waals surface area contributed by atoms with Crippen molar-refractivity contribution < 1.29 is 56.3 Å². The molecular weight excluding hydrogens is 503 g/mol. The standard InChI is InChI=1S/C12H20N3O14P3/c13-4-1-2-8(27-31(22,23)29-32(24,25)28-30(19,20)21)11-7(16)6-10(26-11)15-5-3-9(17)14-12(15)18/h1,3-5,7-8,10-11,16H,2,6,13H2,(H,22,23)(H,24,25)(H,14,17,18)(H2,19,20,21)/t7-,8?,10+,11-/m0/s1. The molecule has 1 aliphatic heterocycles. The number of phosphoric ester groups is 1. The van der Waals surface area contributed by atoms with Gasteiger partial charge in [-0.3, -0.25) is 18.9 Å². The van der Waals surface area contributed by atoms with Crippen molar-refractivity contribution in [2.45, 2.75) is 37.4 Å². The minimum atomic E-state index is -5.76. The fourth-order valence-electron chi connectivity index (χ4n) is 2.76. The minimum Gasteiger partial charge on any atom is -0.405 e. The number of rotatable bonds is 10. The number of hydrogen-bond donors (Lipinski definition) is 7. The highest BCUT2D eigenvalue weighted by atomic mass is 31.3. The normalized spacial score (nSPS) is 26.6. The number of hydrogen-bond acceptors (Lipinski definition) is 11. The molecule has 0 spiro atoms. The van der Waals surface area contributed by atoms with Crippen LogP contribution < -0.4 is 17.0 Å². The lowest BCUT2D eigenvalue weighted by Gasteiger charge is -2.27. The van der Waals surface area contributed by atoms with Gasteiger partial charge in [-0.2, -0.15) is 8.62 Å². The first kappa shape index (κ1) is 26.8. The molecule has 1 aromatic heterocycles. The Morgan fingerprint density at radius 1 is 1.22 bits per heavy atom. The zero-order valence-corrected chi connectivity index (χ0v) is 18.5. The Labute approximate surface area is 178 Å². The molecule has 2 rings (SSSR count). The maximum Gasteiger partial charge on any atom is 0.490 e. The average Bonchev–Trinajstić information content (AvgIpc) is 2.96. The van der Waals surface area contributed by atoms with Crippen LogP contribution in [-0.2, 0) is 31.6 Å². The van der Waals surface area contributed by atoms with Gasteiger partial charge >= 0.3 is 29.2 Å². The lowest BCUT2D eigenvalue weighted by atomic mass is 10.1. The monoisotopic (exact) mass is 523 g/mol. The highest BCUT2D eigenvalue weighted by Crippen LogP contribution is 2.66. The summed E-state index contributed by atoms with van der Waals surface area (Å²) in [6, 6.07) is 1.02. The number of nitrogens with one attached hydrogen (secondary N) is 1. The van der Waals surface area contributed by atoms with Crippen molar-refractivity contribution in [3.05, 3.63) is 45.4 Å². The van der Waals surface area contributed by atoms with Crippen molar-refractivity contribution in [2.24, 2.45) is 5.73 Å². The van der Waals surface area contributed by atoms with E-state index in [0.717, 1.165) is 23.0 Å². The van der Waals surface area contributed by atoms with E-state index < -0.39 is 59.3 Å². The van der Waals surface area contributed by atoms with Gasteiger partial charge in [0, 0.05) is 18.7 Å². The maximum absolute atomic E-state index is 12.2. The molecule has 1 aliphatic rings. The van der Waals surface area contributed by atoms with Crippen LogP contribution in [0.5, 0.6) is 0 Å². The van der Waals surface area contributed by atoms with Crippen molar-refractivity contribution >= 4 is 23.5 Å². The molecule has 0 radical (unpaired) electrons. The number of nitrogens with zero attached hydrogens (tertiary/aromatic N) is 1. The van der Waals surface area contributed by atoms with E-state index >= 15 is 0 Å². The van der Waals surface area contributed by atoms with Crippen LogP contribution in [0.2, 0.25) is 0 Å². The van der Waals surface area contributed by atoms with Crippen LogP contribution in [-0.4, -0.2) is 52.5 Å². The summed E-state index contributed by atoms with van der Waals surface area (Å²) in [6.45, 7) is 0. The van der Waals surface area contributed by atoms with E-state index in [1.807, 2.05) is 4.98 Å². The molecule has 20 heteroatoms. The van der Waals surface area contributed by atoms with Crippen molar-refractivity contribution in [1.82, 2.24) is 9.55 Å². The number of phosphoric acid groups is 3. The van der Waals surface area contributed by atoms with Gasteiger partial charge in [0.15, 0.2) is 0 Å². The minimum absolute atomic E-state index is 0.223. The van der Waals surface area contributed by atoms with E-state index in [2.05, 4.69) is 8.62 Å². The van der Waals surface area contributed by atoms with Gasteiger partial charge in [-0.1, -0.05) is 6.08 Å². The largest absolute Gasteiger partial charge is 0.490 e. The molecule has 0 saturated carbocycles. The molecule has 0 amide bonds. The number of nitrogens with two attached hydrogens (primary N) is 1. The number of H-pyrrole nitrogens is 1. The second-order valence-electron chi connectivity index (χ2n) is 6.27. The van der Waals surface area contributed by atoms with Gasteiger partial charge in [0.25, 0.3) is 5.56 Å². The van der Waals surface area contributed by atoms with Gasteiger partial charge in [0.05, 0.1) is 6.10 Å². The third-order valence-electron chi connectivity index (χ3n) is 3.85. The van der Waals surface area contributed by atoms with E-state index in [1.165, 1.54) is 6.08 Å². The molecular formula is C12H20N3O14P3. The first-order valence-electron chi connectivity index (χ1n) is 8.46. The topological polar surface area (TPSA) is 270 Å². The highest BCUT2D eigenvalue weighted by Gasteiger charge is 2.46. The van der Waals surface area contributed by atoms with Crippen molar-refractivity contribution in [3.63, 3.8) is 0 Å². The number of aliphatic hydroxyl groups is 1. The molecule has 17 nitrogen and oxygen atoms in total. The van der Waals surface area contributed by atoms with Crippen LogP contribution >= 0.6 is 23.5 Å². The third kappa shape index (κ3) is 7.85. The zero-order valence-electron chi connectivity index (χ0n) is 15.8.